The van der Waals surface area contributed by atoms with Gasteiger partial charge in [0.05, 0.1) is 27.9 Å². The number of rotatable bonds is 8. The van der Waals surface area contributed by atoms with Crippen LogP contribution in [0.3, 0.4) is 0 Å². The molecule has 0 aliphatic heterocycles. The van der Waals surface area contributed by atoms with E-state index in [0.717, 1.165) is 17.7 Å². The average molecular weight is 269 g/mol. The summed E-state index contributed by atoms with van der Waals surface area (Å²) in [6.07, 6.45) is 0.867. The topological polar surface area (TPSA) is 60.0 Å². The molecule has 0 aliphatic rings. The molecule has 0 bridgehead atoms. The van der Waals surface area contributed by atoms with E-state index in [1.165, 1.54) is 0 Å². The Morgan fingerprint density at radius 2 is 1.63 bits per heavy atom. The fourth-order valence-corrected chi connectivity index (χ4v) is 1.82. The van der Waals surface area contributed by atoms with Gasteiger partial charge in [0.25, 0.3) is 0 Å². The number of methoxy groups -OCH3 is 3. The first kappa shape index (κ1) is 15.6. The van der Waals surface area contributed by atoms with E-state index in [1.54, 1.807) is 27.4 Å². The Morgan fingerprint density at radius 1 is 1.05 bits per heavy atom. The number of aliphatic hydroxyl groups is 1. The normalized spacial score (nSPS) is 12.1. The van der Waals surface area contributed by atoms with Crippen LogP contribution in [0.4, 0.5) is 0 Å². The Kier molecular flexibility index (Phi) is 6.45. The summed E-state index contributed by atoms with van der Waals surface area (Å²) in [5.41, 5.74) is 0.965. The predicted octanol–water partition coefficient (Wildman–Crippen LogP) is 1.57. The lowest BCUT2D eigenvalue weighted by Gasteiger charge is -2.17. The molecule has 1 aromatic rings. The third kappa shape index (κ3) is 4.01. The van der Waals surface area contributed by atoms with Gasteiger partial charge in [-0.1, -0.05) is 6.92 Å². The third-order valence-corrected chi connectivity index (χ3v) is 3.08. The van der Waals surface area contributed by atoms with Gasteiger partial charge in [0.1, 0.15) is 5.75 Å². The number of aliphatic hydroxyl groups excluding tert-OH is 1. The summed E-state index contributed by atoms with van der Waals surface area (Å²) in [6.45, 7) is 2.74. The Labute approximate surface area is 114 Å². The van der Waals surface area contributed by atoms with Crippen LogP contribution in [-0.4, -0.2) is 39.1 Å². The summed E-state index contributed by atoms with van der Waals surface area (Å²) >= 11 is 0. The quantitative estimate of drug-likeness (QED) is 0.750. The number of nitrogens with one attached hydrogen (secondary N) is 1. The van der Waals surface area contributed by atoms with Crippen LogP contribution in [0.5, 0.6) is 17.2 Å². The van der Waals surface area contributed by atoms with Crippen molar-refractivity contribution in [3.8, 4) is 17.2 Å². The second kappa shape index (κ2) is 7.86. The molecule has 19 heavy (non-hydrogen) atoms. The van der Waals surface area contributed by atoms with Crippen molar-refractivity contribution in [1.82, 2.24) is 5.32 Å². The molecular weight excluding hydrogens is 246 g/mol. The summed E-state index contributed by atoms with van der Waals surface area (Å²) in [4.78, 5) is 0. The van der Waals surface area contributed by atoms with E-state index in [-0.39, 0.29) is 12.6 Å². The fraction of sp³-hybridized carbons (Fsp3) is 0.571. The molecule has 0 heterocycles. The standard InChI is InChI=1S/C14H23NO4/c1-5-11(9-16)15-8-10-6-13(18-3)14(19-4)7-12(10)17-2/h6-7,11,15-16H,5,8-9H2,1-4H3. The van der Waals surface area contributed by atoms with Crippen LogP contribution >= 0.6 is 0 Å². The highest BCUT2D eigenvalue weighted by molar-refractivity contribution is 5.50. The van der Waals surface area contributed by atoms with Crippen LogP contribution in [0.2, 0.25) is 0 Å². The van der Waals surface area contributed by atoms with Gasteiger partial charge in [-0.15, -0.1) is 0 Å². The number of benzene rings is 1. The van der Waals surface area contributed by atoms with Crippen molar-refractivity contribution in [2.24, 2.45) is 0 Å². The molecule has 0 aromatic heterocycles. The van der Waals surface area contributed by atoms with Gasteiger partial charge in [0.2, 0.25) is 0 Å². The van der Waals surface area contributed by atoms with Crippen molar-refractivity contribution in [2.75, 3.05) is 27.9 Å². The molecule has 5 nitrogen and oxygen atoms in total. The van der Waals surface area contributed by atoms with Crippen LogP contribution in [-0.2, 0) is 6.54 Å². The molecule has 0 amide bonds. The van der Waals surface area contributed by atoms with Gasteiger partial charge in [-0.05, 0) is 12.5 Å². The minimum Gasteiger partial charge on any atom is -0.496 e. The largest absolute Gasteiger partial charge is 0.496 e. The summed E-state index contributed by atoms with van der Waals surface area (Å²) in [6, 6.07) is 3.77. The fourth-order valence-electron chi connectivity index (χ4n) is 1.82. The van der Waals surface area contributed by atoms with E-state index in [2.05, 4.69) is 5.32 Å². The van der Waals surface area contributed by atoms with Gasteiger partial charge in [0.15, 0.2) is 11.5 Å². The van der Waals surface area contributed by atoms with Crippen LogP contribution in [0.15, 0.2) is 12.1 Å². The Morgan fingerprint density at radius 3 is 2.11 bits per heavy atom. The van der Waals surface area contributed by atoms with E-state index >= 15 is 0 Å². The molecule has 0 radical (unpaired) electrons. The second-order valence-corrected chi connectivity index (χ2v) is 4.19. The molecule has 5 heteroatoms. The summed E-state index contributed by atoms with van der Waals surface area (Å²) in [7, 11) is 4.81. The third-order valence-electron chi connectivity index (χ3n) is 3.08. The van der Waals surface area contributed by atoms with Crippen LogP contribution in [0.1, 0.15) is 18.9 Å². The van der Waals surface area contributed by atoms with Gasteiger partial charge in [-0.3, -0.25) is 0 Å². The second-order valence-electron chi connectivity index (χ2n) is 4.19. The monoisotopic (exact) mass is 269 g/mol. The zero-order chi connectivity index (χ0) is 14.3. The molecule has 1 atom stereocenters. The molecule has 1 aromatic carbocycles. The van der Waals surface area contributed by atoms with E-state index in [9.17, 15) is 5.11 Å². The maximum Gasteiger partial charge on any atom is 0.164 e. The van der Waals surface area contributed by atoms with Crippen LogP contribution in [0.25, 0.3) is 0 Å². The summed E-state index contributed by atoms with van der Waals surface area (Å²) in [5.74, 6) is 2.03. The van der Waals surface area contributed by atoms with Gasteiger partial charge in [0, 0.05) is 24.2 Å². The van der Waals surface area contributed by atoms with Gasteiger partial charge in [-0.25, -0.2) is 0 Å². The van der Waals surface area contributed by atoms with Crippen LogP contribution in [0, 0.1) is 0 Å². The van der Waals surface area contributed by atoms with Crippen LogP contribution < -0.4 is 19.5 Å². The number of hydrogen-bond acceptors (Lipinski definition) is 5. The van der Waals surface area contributed by atoms with E-state index in [1.807, 2.05) is 13.0 Å². The minimum atomic E-state index is 0.0813. The van der Waals surface area contributed by atoms with Crippen molar-refractivity contribution in [3.63, 3.8) is 0 Å². The average Bonchev–Trinajstić information content (AvgIpc) is 2.47. The Bertz CT molecular complexity index is 391. The molecule has 2 N–H and O–H groups in total. The van der Waals surface area contributed by atoms with E-state index < -0.39 is 0 Å². The molecule has 108 valence electrons. The summed E-state index contributed by atoms with van der Waals surface area (Å²) < 4.78 is 15.9. The van der Waals surface area contributed by atoms with E-state index in [0.29, 0.717) is 18.0 Å². The van der Waals surface area contributed by atoms with Crippen molar-refractivity contribution in [3.05, 3.63) is 17.7 Å². The summed E-state index contributed by atoms with van der Waals surface area (Å²) in [5, 5.41) is 12.4. The van der Waals surface area contributed by atoms with Crippen molar-refractivity contribution in [2.45, 2.75) is 25.9 Å². The lowest BCUT2D eigenvalue weighted by molar-refractivity contribution is 0.237. The first-order valence-corrected chi connectivity index (χ1v) is 6.33. The Balaban J connectivity index is 2.92. The zero-order valence-corrected chi connectivity index (χ0v) is 12.0. The predicted molar refractivity (Wildman–Crippen MR) is 74.1 cm³/mol. The van der Waals surface area contributed by atoms with Crippen molar-refractivity contribution in [1.29, 1.82) is 0 Å². The SMILES string of the molecule is CCC(CO)NCc1cc(OC)c(OC)cc1OC. The van der Waals surface area contributed by atoms with Gasteiger partial charge in [-0.2, -0.15) is 0 Å². The first-order valence-electron chi connectivity index (χ1n) is 6.33. The van der Waals surface area contributed by atoms with Gasteiger partial charge >= 0.3 is 0 Å². The number of ether oxygens (including phenoxy) is 3. The molecule has 0 saturated heterocycles. The van der Waals surface area contributed by atoms with Crippen molar-refractivity contribution >= 4 is 0 Å². The minimum absolute atomic E-state index is 0.0813. The molecular formula is C14H23NO4. The van der Waals surface area contributed by atoms with Crippen molar-refractivity contribution < 1.29 is 19.3 Å². The highest BCUT2D eigenvalue weighted by Crippen LogP contribution is 2.34. The van der Waals surface area contributed by atoms with E-state index in [4.69, 9.17) is 14.2 Å². The Hall–Kier alpha value is -1.46. The molecule has 0 aliphatic carbocycles. The van der Waals surface area contributed by atoms with Gasteiger partial charge < -0.3 is 24.6 Å². The highest BCUT2D eigenvalue weighted by atomic mass is 16.5. The number of hydrogen-bond donors (Lipinski definition) is 2. The zero-order valence-electron chi connectivity index (χ0n) is 12.0. The molecule has 0 fully saturated rings. The smallest absolute Gasteiger partial charge is 0.164 e. The highest BCUT2D eigenvalue weighted by Gasteiger charge is 2.13. The molecule has 1 unspecified atom stereocenters. The maximum atomic E-state index is 9.18. The molecule has 1 rings (SSSR count). The maximum absolute atomic E-state index is 9.18. The lowest BCUT2D eigenvalue weighted by Crippen LogP contribution is -2.31. The molecule has 0 saturated carbocycles. The lowest BCUT2D eigenvalue weighted by atomic mass is 10.1. The molecule has 0 spiro atoms. The first-order chi connectivity index (χ1) is 9.19.